The SMILES string of the molecule is CCNc1nc(N)nc2cc(Br)ccc12. The van der Waals surface area contributed by atoms with Crippen molar-refractivity contribution in [1.82, 2.24) is 9.97 Å². The first-order valence-electron chi connectivity index (χ1n) is 4.67. The Hall–Kier alpha value is -1.36. The molecule has 0 bridgehead atoms. The van der Waals surface area contributed by atoms with E-state index in [1.54, 1.807) is 0 Å². The minimum Gasteiger partial charge on any atom is -0.370 e. The van der Waals surface area contributed by atoms with Crippen molar-refractivity contribution in [3.8, 4) is 0 Å². The number of benzene rings is 1. The van der Waals surface area contributed by atoms with Crippen LogP contribution in [-0.2, 0) is 0 Å². The molecule has 1 aromatic heterocycles. The summed E-state index contributed by atoms with van der Waals surface area (Å²) < 4.78 is 0.982. The third-order valence-corrected chi connectivity index (χ3v) is 2.51. The van der Waals surface area contributed by atoms with E-state index in [9.17, 15) is 0 Å². The monoisotopic (exact) mass is 266 g/mol. The van der Waals surface area contributed by atoms with Crippen molar-refractivity contribution < 1.29 is 0 Å². The highest BCUT2D eigenvalue weighted by atomic mass is 79.9. The summed E-state index contributed by atoms with van der Waals surface area (Å²) in [5.74, 6) is 1.07. The third-order valence-electron chi connectivity index (χ3n) is 2.02. The average Bonchev–Trinajstić information content (AvgIpc) is 2.17. The number of nitrogen functional groups attached to an aromatic ring is 1. The van der Waals surface area contributed by atoms with Gasteiger partial charge < -0.3 is 11.1 Å². The lowest BCUT2D eigenvalue weighted by molar-refractivity contribution is 1.15. The fourth-order valence-electron chi connectivity index (χ4n) is 1.42. The van der Waals surface area contributed by atoms with Crippen LogP contribution in [0, 0.1) is 0 Å². The number of halogens is 1. The van der Waals surface area contributed by atoms with Crippen LogP contribution in [0.4, 0.5) is 11.8 Å². The summed E-state index contributed by atoms with van der Waals surface area (Å²) in [6, 6.07) is 5.85. The van der Waals surface area contributed by atoms with E-state index in [1.165, 1.54) is 0 Å². The lowest BCUT2D eigenvalue weighted by Crippen LogP contribution is -2.04. The minimum absolute atomic E-state index is 0.288. The number of rotatable bonds is 2. The van der Waals surface area contributed by atoms with Gasteiger partial charge >= 0.3 is 0 Å². The normalized spacial score (nSPS) is 10.5. The zero-order chi connectivity index (χ0) is 10.8. The van der Waals surface area contributed by atoms with Gasteiger partial charge in [0.05, 0.1) is 5.52 Å². The molecule has 0 atom stereocenters. The van der Waals surface area contributed by atoms with Gasteiger partial charge in [0.25, 0.3) is 0 Å². The number of fused-ring (bicyclic) bond motifs is 1. The molecule has 3 N–H and O–H groups in total. The highest BCUT2D eigenvalue weighted by Crippen LogP contribution is 2.24. The molecule has 2 aromatic rings. The summed E-state index contributed by atoms with van der Waals surface area (Å²) in [5.41, 5.74) is 6.47. The van der Waals surface area contributed by atoms with Crippen LogP contribution in [0.1, 0.15) is 6.92 Å². The van der Waals surface area contributed by atoms with E-state index in [4.69, 9.17) is 5.73 Å². The first kappa shape index (κ1) is 10.2. The van der Waals surface area contributed by atoms with Crippen molar-refractivity contribution in [2.24, 2.45) is 0 Å². The summed E-state index contributed by atoms with van der Waals surface area (Å²) in [4.78, 5) is 8.34. The van der Waals surface area contributed by atoms with Gasteiger partial charge in [-0.1, -0.05) is 15.9 Å². The molecule has 0 fully saturated rings. The van der Waals surface area contributed by atoms with Crippen LogP contribution in [0.15, 0.2) is 22.7 Å². The Balaban J connectivity index is 2.68. The number of nitrogens with one attached hydrogen (secondary N) is 1. The van der Waals surface area contributed by atoms with Crippen molar-refractivity contribution in [2.45, 2.75) is 6.92 Å². The molecule has 1 heterocycles. The average molecular weight is 267 g/mol. The maximum absolute atomic E-state index is 5.63. The number of anilines is 2. The molecule has 4 nitrogen and oxygen atoms in total. The first-order chi connectivity index (χ1) is 7.20. The van der Waals surface area contributed by atoms with Crippen LogP contribution in [-0.4, -0.2) is 16.5 Å². The minimum atomic E-state index is 0.288. The van der Waals surface area contributed by atoms with Gasteiger partial charge in [-0.25, -0.2) is 4.98 Å². The fraction of sp³-hybridized carbons (Fsp3) is 0.200. The molecule has 0 aliphatic rings. The van der Waals surface area contributed by atoms with Gasteiger partial charge in [-0.15, -0.1) is 0 Å². The molecule has 1 aromatic carbocycles. The van der Waals surface area contributed by atoms with E-state index in [0.29, 0.717) is 0 Å². The summed E-state index contributed by atoms with van der Waals surface area (Å²) in [5, 5.41) is 4.15. The Morgan fingerprint density at radius 3 is 2.93 bits per heavy atom. The Morgan fingerprint density at radius 1 is 1.40 bits per heavy atom. The van der Waals surface area contributed by atoms with Crippen molar-refractivity contribution in [3.63, 3.8) is 0 Å². The van der Waals surface area contributed by atoms with Crippen molar-refractivity contribution in [1.29, 1.82) is 0 Å². The van der Waals surface area contributed by atoms with E-state index in [2.05, 4.69) is 31.2 Å². The Morgan fingerprint density at radius 2 is 2.20 bits per heavy atom. The lowest BCUT2D eigenvalue weighted by Gasteiger charge is -2.07. The van der Waals surface area contributed by atoms with Gasteiger partial charge in [0.2, 0.25) is 5.95 Å². The molecule has 0 saturated heterocycles. The molecular formula is C10H11BrN4. The lowest BCUT2D eigenvalue weighted by atomic mass is 10.2. The molecular weight excluding hydrogens is 256 g/mol. The van der Waals surface area contributed by atoms with Gasteiger partial charge in [0.1, 0.15) is 5.82 Å². The summed E-state index contributed by atoms with van der Waals surface area (Å²) in [6.45, 7) is 2.82. The molecule has 0 aliphatic carbocycles. The van der Waals surface area contributed by atoms with Crippen molar-refractivity contribution in [2.75, 3.05) is 17.6 Å². The Labute approximate surface area is 96.0 Å². The van der Waals surface area contributed by atoms with Gasteiger partial charge in [-0.05, 0) is 25.1 Å². The van der Waals surface area contributed by atoms with E-state index in [-0.39, 0.29) is 5.95 Å². The predicted octanol–water partition coefficient (Wildman–Crippen LogP) is 2.41. The third kappa shape index (κ3) is 2.02. The van der Waals surface area contributed by atoms with E-state index in [1.807, 2.05) is 25.1 Å². The van der Waals surface area contributed by atoms with E-state index in [0.717, 1.165) is 27.7 Å². The molecule has 0 amide bonds. The summed E-state index contributed by atoms with van der Waals surface area (Å²) in [7, 11) is 0. The molecule has 0 spiro atoms. The zero-order valence-electron chi connectivity index (χ0n) is 8.29. The summed E-state index contributed by atoms with van der Waals surface area (Å²) >= 11 is 3.40. The molecule has 78 valence electrons. The fourth-order valence-corrected chi connectivity index (χ4v) is 1.77. The highest BCUT2D eigenvalue weighted by Gasteiger charge is 2.05. The number of nitrogens with two attached hydrogens (primary N) is 1. The van der Waals surface area contributed by atoms with Crippen LogP contribution in [0.5, 0.6) is 0 Å². The second-order valence-electron chi connectivity index (χ2n) is 3.12. The zero-order valence-corrected chi connectivity index (χ0v) is 9.87. The van der Waals surface area contributed by atoms with Gasteiger partial charge in [0, 0.05) is 16.4 Å². The standard InChI is InChI=1S/C10H11BrN4/c1-2-13-9-7-4-3-6(11)5-8(7)14-10(12)15-9/h3-5H,2H2,1H3,(H3,12,13,14,15). The van der Waals surface area contributed by atoms with Gasteiger partial charge in [-0.3, -0.25) is 0 Å². The summed E-state index contributed by atoms with van der Waals surface area (Å²) in [6.07, 6.45) is 0. The molecule has 5 heteroatoms. The smallest absolute Gasteiger partial charge is 0.222 e. The first-order valence-corrected chi connectivity index (χ1v) is 5.46. The largest absolute Gasteiger partial charge is 0.370 e. The molecule has 0 saturated carbocycles. The molecule has 15 heavy (non-hydrogen) atoms. The highest BCUT2D eigenvalue weighted by molar-refractivity contribution is 9.10. The number of hydrogen-bond acceptors (Lipinski definition) is 4. The molecule has 0 aliphatic heterocycles. The molecule has 0 radical (unpaired) electrons. The van der Waals surface area contributed by atoms with Crippen molar-refractivity contribution in [3.05, 3.63) is 22.7 Å². The molecule has 0 unspecified atom stereocenters. The predicted molar refractivity (Wildman–Crippen MR) is 65.8 cm³/mol. The second kappa shape index (κ2) is 4.02. The van der Waals surface area contributed by atoms with Gasteiger partial charge in [-0.2, -0.15) is 4.98 Å². The van der Waals surface area contributed by atoms with Crippen LogP contribution >= 0.6 is 15.9 Å². The van der Waals surface area contributed by atoms with Crippen LogP contribution in [0.25, 0.3) is 10.9 Å². The number of aromatic nitrogens is 2. The van der Waals surface area contributed by atoms with E-state index >= 15 is 0 Å². The Bertz CT molecular complexity index is 493. The second-order valence-corrected chi connectivity index (χ2v) is 4.04. The van der Waals surface area contributed by atoms with E-state index < -0.39 is 0 Å². The number of nitrogens with zero attached hydrogens (tertiary/aromatic N) is 2. The topological polar surface area (TPSA) is 63.8 Å². The quantitative estimate of drug-likeness (QED) is 0.877. The van der Waals surface area contributed by atoms with Crippen LogP contribution < -0.4 is 11.1 Å². The maximum Gasteiger partial charge on any atom is 0.222 e. The van der Waals surface area contributed by atoms with Gasteiger partial charge in [0.15, 0.2) is 0 Å². The van der Waals surface area contributed by atoms with Crippen molar-refractivity contribution >= 4 is 38.6 Å². The number of hydrogen-bond donors (Lipinski definition) is 2. The maximum atomic E-state index is 5.63. The van der Waals surface area contributed by atoms with Crippen LogP contribution in [0.3, 0.4) is 0 Å². The van der Waals surface area contributed by atoms with Crippen LogP contribution in [0.2, 0.25) is 0 Å². The Kier molecular flexibility index (Phi) is 2.73. The molecule has 2 rings (SSSR count).